The van der Waals surface area contributed by atoms with Crippen molar-refractivity contribution in [2.24, 2.45) is 11.7 Å². The van der Waals surface area contributed by atoms with Gasteiger partial charge < -0.3 is 23.9 Å². The molecule has 1 aromatic rings. The zero-order chi connectivity index (χ0) is 19.3. The number of hydrogen-bond acceptors (Lipinski definition) is 5. The predicted octanol–water partition coefficient (Wildman–Crippen LogP) is 3.65. The Morgan fingerprint density at radius 2 is 1.65 bits per heavy atom. The number of rotatable bonds is 15. The average Bonchev–Trinajstić information content (AvgIpc) is 2.65. The molecule has 0 bridgehead atoms. The largest absolute Gasteiger partial charge is 0.501 e. The van der Waals surface area contributed by atoms with Crippen molar-refractivity contribution in [1.82, 2.24) is 4.90 Å². The minimum Gasteiger partial charge on any atom is -0.374 e. The van der Waals surface area contributed by atoms with Crippen LogP contribution >= 0.6 is 0 Å². The van der Waals surface area contributed by atoms with Crippen LogP contribution in [0.5, 0.6) is 0 Å². The lowest BCUT2D eigenvalue weighted by Crippen LogP contribution is -2.48. The summed E-state index contributed by atoms with van der Waals surface area (Å²) in [5.41, 5.74) is 7.34. The van der Waals surface area contributed by atoms with Gasteiger partial charge in [-0.25, -0.2) is 0 Å². The third-order valence-electron chi connectivity index (χ3n) is 4.28. The molecule has 0 aliphatic heterocycles. The summed E-state index contributed by atoms with van der Waals surface area (Å²) in [6.45, 7) is 14.0. The summed E-state index contributed by atoms with van der Waals surface area (Å²) in [4.78, 5) is 2.23. The third-order valence-corrected chi connectivity index (χ3v) is 7.54. The predicted molar refractivity (Wildman–Crippen MR) is 110 cm³/mol. The van der Waals surface area contributed by atoms with Crippen LogP contribution in [0.1, 0.15) is 32.8 Å². The first-order valence-electron chi connectivity index (χ1n) is 9.65. The molecule has 0 aromatic heterocycles. The molecule has 1 unspecified atom stereocenters. The molecule has 0 aliphatic carbocycles. The van der Waals surface area contributed by atoms with Crippen molar-refractivity contribution >= 4 is 8.80 Å². The van der Waals surface area contributed by atoms with E-state index in [9.17, 15) is 0 Å². The molecule has 26 heavy (non-hydrogen) atoms. The highest BCUT2D eigenvalue weighted by molar-refractivity contribution is 6.60. The molecule has 0 fully saturated rings. The smallest absolute Gasteiger partial charge is 0.374 e. The van der Waals surface area contributed by atoms with Crippen molar-refractivity contribution in [2.75, 3.05) is 32.9 Å². The molecule has 0 saturated heterocycles. The van der Waals surface area contributed by atoms with Crippen LogP contribution in [0.4, 0.5) is 0 Å². The second-order valence-corrected chi connectivity index (χ2v) is 8.86. The molecule has 6 heteroatoms. The van der Waals surface area contributed by atoms with Crippen LogP contribution in [0, 0.1) is 5.92 Å². The van der Waals surface area contributed by atoms with Gasteiger partial charge in [-0.2, -0.15) is 0 Å². The summed E-state index contributed by atoms with van der Waals surface area (Å²) in [5, 5.41) is 0. The van der Waals surface area contributed by atoms with E-state index in [1.807, 2.05) is 33.0 Å². The molecule has 0 aliphatic rings. The Morgan fingerprint density at radius 1 is 1.08 bits per heavy atom. The number of hydrogen-bond donors (Lipinski definition) is 1. The van der Waals surface area contributed by atoms with Crippen LogP contribution in [0.15, 0.2) is 43.1 Å². The molecule has 0 heterocycles. The summed E-state index contributed by atoms with van der Waals surface area (Å²) in [5.74, 6) is 0.296. The first-order chi connectivity index (χ1) is 12.6. The van der Waals surface area contributed by atoms with Crippen LogP contribution in [0.2, 0.25) is 6.04 Å². The van der Waals surface area contributed by atoms with Gasteiger partial charge in [0.25, 0.3) is 0 Å². The zero-order valence-corrected chi connectivity index (χ0v) is 17.7. The standard InChI is InChI=1S/C20H36N2O3Si/c1-5-22(17-19-12-10-9-11-13-19)15-14-20(16-21)18-26(23-6-2,24-7-3)25-8-4/h5,9-13,20H,1,6-8,14-18,21H2,2-4H3. The fourth-order valence-electron chi connectivity index (χ4n) is 3.02. The van der Waals surface area contributed by atoms with E-state index < -0.39 is 8.80 Å². The molecular weight excluding hydrogens is 344 g/mol. The van der Waals surface area contributed by atoms with Crippen LogP contribution in [0.25, 0.3) is 0 Å². The molecule has 0 saturated carbocycles. The normalized spacial score (nSPS) is 12.8. The zero-order valence-electron chi connectivity index (χ0n) is 16.7. The van der Waals surface area contributed by atoms with Gasteiger partial charge in [0, 0.05) is 39.0 Å². The van der Waals surface area contributed by atoms with Gasteiger partial charge >= 0.3 is 8.80 Å². The summed E-state index contributed by atoms with van der Waals surface area (Å²) in [6, 6.07) is 11.2. The Kier molecular flexibility index (Phi) is 11.5. The Labute approximate surface area is 160 Å². The van der Waals surface area contributed by atoms with E-state index in [4.69, 9.17) is 19.0 Å². The van der Waals surface area contributed by atoms with Crippen LogP contribution < -0.4 is 5.73 Å². The van der Waals surface area contributed by atoms with Crippen LogP contribution in [0.3, 0.4) is 0 Å². The Morgan fingerprint density at radius 3 is 2.12 bits per heavy atom. The summed E-state index contributed by atoms with van der Waals surface area (Å²) >= 11 is 0. The molecule has 0 spiro atoms. The third kappa shape index (κ3) is 8.01. The van der Waals surface area contributed by atoms with Crippen molar-refractivity contribution in [3.8, 4) is 0 Å². The Balaban J connectivity index is 2.66. The van der Waals surface area contributed by atoms with Crippen molar-refractivity contribution in [3.05, 3.63) is 48.7 Å². The van der Waals surface area contributed by atoms with Crippen molar-refractivity contribution in [2.45, 2.75) is 39.8 Å². The van der Waals surface area contributed by atoms with Crippen molar-refractivity contribution < 1.29 is 13.3 Å². The minimum absolute atomic E-state index is 0.296. The van der Waals surface area contributed by atoms with Crippen molar-refractivity contribution in [1.29, 1.82) is 0 Å². The quantitative estimate of drug-likeness (QED) is 0.471. The molecule has 2 N–H and O–H groups in total. The van der Waals surface area contributed by atoms with E-state index in [1.165, 1.54) is 5.56 Å². The second kappa shape index (κ2) is 13.1. The lowest BCUT2D eigenvalue weighted by atomic mass is 10.1. The molecular formula is C20H36N2O3Si. The summed E-state index contributed by atoms with van der Waals surface area (Å²) in [7, 11) is -2.66. The first kappa shape index (κ1) is 22.9. The second-order valence-electron chi connectivity index (χ2n) is 6.22. The maximum absolute atomic E-state index is 6.06. The van der Waals surface area contributed by atoms with E-state index in [2.05, 4.69) is 35.7 Å². The molecule has 0 amide bonds. The number of benzene rings is 1. The maximum Gasteiger partial charge on any atom is 0.501 e. The summed E-state index contributed by atoms with van der Waals surface area (Å²) < 4.78 is 17.9. The van der Waals surface area contributed by atoms with Gasteiger partial charge in [-0.15, -0.1) is 0 Å². The van der Waals surface area contributed by atoms with E-state index in [0.29, 0.717) is 32.3 Å². The lowest BCUT2D eigenvalue weighted by Gasteiger charge is -2.32. The highest BCUT2D eigenvalue weighted by Crippen LogP contribution is 2.24. The average molecular weight is 381 g/mol. The van der Waals surface area contributed by atoms with Gasteiger partial charge in [-0.1, -0.05) is 36.9 Å². The van der Waals surface area contributed by atoms with Crippen molar-refractivity contribution in [3.63, 3.8) is 0 Å². The van der Waals surface area contributed by atoms with Crippen LogP contribution in [-0.4, -0.2) is 46.6 Å². The fourth-order valence-corrected chi connectivity index (χ4v) is 6.02. The highest BCUT2D eigenvalue weighted by atomic mass is 28.4. The lowest BCUT2D eigenvalue weighted by molar-refractivity contribution is 0.0665. The summed E-state index contributed by atoms with van der Waals surface area (Å²) in [6.07, 6.45) is 2.86. The molecule has 1 rings (SSSR count). The van der Waals surface area contributed by atoms with Gasteiger partial charge in [0.15, 0.2) is 0 Å². The van der Waals surface area contributed by atoms with Gasteiger partial charge in [0.2, 0.25) is 0 Å². The molecule has 5 nitrogen and oxygen atoms in total. The van der Waals surface area contributed by atoms with E-state index >= 15 is 0 Å². The van der Waals surface area contributed by atoms with Gasteiger partial charge in [-0.3, -0.25) is 0 Å². The monoisotopic (exact) mass is 380 g/mol. The van der Waals surface area contributed by atoms with E-state index in [-0.39, 0.29) is 0 Å². The fraction of sp³-hybridized carbons (Fsp3) is 0.600. The van der Waals surface area contributed by atoms with E-state index in [1.54, 1.807) is 0 Å². The molecule has 1 atom stereocenters. The molecule has 0 radical (unpaired) electrons. The van der Waals surface area contributed by atoms with E-state index in [0.717, 1.165) is 25.6 Å². The number of nitrogens with zero attached hydrogens (tertiary/aromatic N) is 1. The highest BCUT2D eigenvalue weighted by Gasteiger charge is 2.42. The van der Waals surface area contributed by atoms with Gasteiger partial charge in [0.1, 0.15) is 0 Å². The topological polar surface area (TPSA) is 57.0 Å². The van der Waals surface area contributed by atoms with Gasteiger partial charge in [-0.05, 0) is 51.4 Å². The first-order valence-corrected chi connectivity index (χ1v) is 11.6. The Hall–Kier alpha value is -1.18. The number of nitrogens with two attached hydrogens (primary N) is 1. The SMILES string of the molecule is C=CN(CCC(CN)C[Si](OCC)(OCC)OCC)Cc1ccccc1. The maximum atomic E-state index is 6.06. The van der Waals surface area contributed by atoms with Gasteiger partial charge in [0.05, 0.1) is 0 Å². The van der Waals surface area contributed by atoms with Crippen LogP contribution in [-0.2, 0) is 19.8 Å². The molecule has 1 aromatic carbocycles. The molecule has 148 valence electrons. The minimum atomic E-state index is -2.66. The Bertz CT molecular complexity index is 470.